The summed E-state index contributed by atoms with van der Waals surface area (Å²) in [6.45, 7) is 0.648. The van der Waals surface area contributed by atoms with Gasteiger partial charge in [0.2, 0.25) is 5.91 Å². The molecule has 0 saturated heterocycles. The van der Waals surface area contributed by atoms with E-state index in [0.29, 0.717) is 31.7 Å². The normalized spacial score (nSPS) is 17.8. The molecule has 2 aromatic carbocycles. The van der Waals surface area contributed by atoms with E-state index in [9.17, 15) is 18.4 Å². The lowest BCUT2D eigenvalue weighted by atomic mass is 10.1. The second-order valence-electron chi connectivity index (χ2n) is 6.82. The Bertz CT molecular complexity index is 854. The number of halogens is 2. The Morgan fingerprint density at radius 3 is 2.61 bits per heavy atom. The summed E-state index contributed by atoms with van der Waals surface area (Å²) in [6.07, 6.45) is 1.00. The van der Waals surface area contributed by atoms with Crippen LogP contribution in [0.2, 0.25) is 0 Å². The fraction of sp³-hybridized carbons (Fsp3) is 0.333. The monoisotopic (exact) mass is 389 g/mol. The smallest absolute Gasteiger partial charge is 0.303 e. The lowest BCUT2D eigenvalue weighted by Gasteiger charge is -2.08. The summed E-state index contributed by atoms with van der Waals surface area (Å²) in [5.41, 5.74) is 1.13. The van der Waals surface area contributed by atoms with Crippen LogP contribution in [0.5, 0.6) is 5.75 Å². The van der Waals surface area contributed by atoms with Crippen LogP contribution in [0.15, 0.2) is 42.5 Å². The number of nitrogens with one attached hydrogen (secondary N) is 1. The number of hydrogen-bond donors (Lipinski definition) is 2. The van der Waals surface area contributed by atoms with Gasteiger partial charge in [0.05, 0.1) is 6.61 Å². The Morgan fingerprint density at radius 1 is 1.14 bits per heavy atom. The zero-order valence-electron chi connectivity index (χ0n) is 15.2. The summed E-state index contributed by atoms with van der Waals surface area (Å²) in [7, 11) is 0. The zero-order chi connectivity index (χ0) is 20.1. The van der Waals surface area contributed by atoms with Gasteiger partial charge in [-0.15, -0.1) is 0 Å². The minimum Gasteiger partial charge on any atom is -0.494 e. The fourth-order valence-electron chi connectivity index (χ4n) is 3.06. The molecule has 0 spiro atoms. The summed E-state index contributed by atoms with van der Waals surface area (Å²) in [5, 5.41) is 11.4. The minimum atomic E-state index is -0.854. The average molecular weight is 389 g/mol. The molecule has 2 aromatic rings. The molecular weight excluding hydrogens is 368 g/mol. The fourth-order valence-corrected chi connectivity index (χ4v) is 3.06. The van der Waals surface area contributed by atoms with E-state index >= 15 is 0 Å². The lowest BCUT2D eigenvalue weighted by Crippen LogP contribution is -2.24. The molecule has 0 bridgehead atoms. The molecule has 1 amide bonds. The first kappa shape index (κ1) is 19.8. The van der Waals surface area contributed by atoms with Crippen LogP contribution < -0.4 is 10.1 Å². The van der Waals surface area contributed by atoms with Gasteiger partial charge in [-0.05, 0) is 60.2 Å². The van der Waals surface area contributed by atoms with E-state index in [1.54, 1.807) is 12.1 Å². The molecule has 0 heterocycles. The van der Waals surface area contributed by atoms with Gasteiger partial charge in [-0.2, -0.15) is 0 Å². The number of carboxylic acid groups (broad SMARTS) is 1. The van der Waals surface area contributed by atoms with Crippen molar-refractivity contribution in [2.24, 2.45) is 5.92 Å². The maximum atomic E-state index is 13.8. The lowest BCUT2D eigenvalue weighted by molar-refractivity contribution is -0.137. The van der Waals surface area contributed by atoms with Crippen LogP contribution in [0.4, 0.5) is 8.78 Å². The van der Waals surface area contributed by atoms with Crippen molar-refractivity contribution < 1.29 is 28.2 Å². The Hall–Kier alpha value is -2.96. The standard InChI is InChI=1S/C21H21F2NO4/c22-14-5-8-19(23)17(10-14)16-11-18(16)21(27)24-12-13-3-6-15(7-4-13)28-9-1-2-20(25)26/h3-8,10,16,18H,1-2,9,11-12H2,(H,24,27)(H,25,26). The highest BCUT2D eigenvalue weighted by Crippen LogP contribution is 2.48. The van der Waals surface area contributed by atoms with Gasteiger partial charge < -0.3 is 15.2 Å². The number of hydrogen-bond acceptors (Lipinski definition) is 3. The number of carbonyl (C=O) groups excluding carboxylic acids is 1. The van der Waals surface area contributed by atoms with E-state index in [2.05, 4.69) is 5.32 Å². The van der Waals surface area contributed by atoms with Crippen molar-refractivity contribution in [1.29, 1.82) is 0 Å². The molecule has 28 heavy (non-hydrogen) atoms. The second kappa shape index (κ2) is 8.82. The van der Waals surface area contributed by atoms with Crippen molar-refractivity contribution in [2.75, 3.05) is 6.61 Å². The number of carboxylic acids is 1. The van der Waals surface area contributed by atoms with Gasteiger partial charge in [-0.25, -0.2) is 8.78 Å². The van der Waals surface area contributed by atoms with Crippen LogP contribution >= 0.6 is 0 Å². The third kappa shape index (κ3) is 5.28. The average Bonchev–Trinajstić information content (AvgIpc) is 3.47. The van der Waals surface area contributed by atoms with Crippen molar-refractivity contribution >= 4 is 11.9 Å². The molecule has 0 radical (unpaired) electrons. The van der Waals surface area contributed by atoms with Gasteiger partial charge in [0.1, 0.15) is 17.4 Å². The van der Waals surface area contributed by atoms with Gasteiger partial charge >= 0.3 is 5.97 Å². The first-order chi connectivity index (χ1) is 13.4. The van der Waals surface area contributed by atoms with Gasteiger partial charge in [-0.1, -0.05) is 12.1 Å². The molecule has 2 atom stereocenters. The molecule has 0 aliphatic heterocycles. The van der Waals surface area contributed by atoms with Crippen molar-refractivity contribution in [2.45, 2.75) is 31.7 Å². The first-order valence-electron chi connectivity index (χ1n) is 9.10. The van der Waals surface area contributed by atoms with E-state index in [1.165, 1.54) is 0 Å². The third-order valence-corrected chi connectivity index (χ3v) is 4.68. The zero-order valence-corrected chi connectivity index (χ0v) is 15.2. The highest BCUT2D eigenvalue weighted by Gasteiger charge is 2.45. The molecule has 0 aromatic heterocycles. The van der Waals surface area contributed by atoms with Crippen LogP contribution in [0.25, 0.3) is 0 Å². The molecule has 1 aliphatic rings. The van der Waals surface area contributed by atoms with Crippen molar-refractivity contribution in [1.82, 2.24) is 5.32 Å². The molecule has 148 valence electrons. The molecule has 5 nitrogen and oxygen atoms in total. The largest absolute Gasteiger partial charge is 0.494 e. The van der Waals surface area contributed by atoms with Gasteiger partial charge in [-0.3, -0.25) is 9.59 Å². The highest BCUT2D eigenvalue weighted by atomic mass is 19.1. The van der Waals surface area contributed by atoms with Crippen molar-refractivity contribution in [3.63, 3.8) is 0 Å². The molecule has 2 N–H and O–H groups in total. The number of aliphatic carboxylic acids is 1. The molecule has 2 unspecified atom stereocenters. The van der Waals surface area contributed by atoms with Gasteiger partial charge in [0.15, 0.2) is 0 Å². The Kier molecular flexibility index (Phi) is 6.23. The summed E-state index contributed by atoms with van der Waals surface area (Å²) in [6, 6.07) is 10.4. The summed E-state index contributed by atoms with van der Waals surface area (Å²) >= 11 is 0. The number of carbonyl (C=O) groups is 2. The van der Waals surface area contributed by atoms with E-state index in [4.69, 9.17) is 9.84 Å². The minimum absolute atomic E-state index is 0.0613. The molecule has 1 aliphatic carbocycles. The molecule has 3 rings (SSSR count). The third-order valence-electron chi connectivity index (χ3n) is 4.68. The van der Waals surface area contributed by atoms with E-state index in [1.807, 2.05) is 12.1 Å². The molecule has 1 saturated carbocycles. The summed E-state index contributed by atoms with van der Waals surface area (Å²) in [5.74, 6) is -2.02. The van der Waals surface area contributed by atoms with Crippen LogP contribution in [-0.4, -0.2) is 23.6 Å². The van der Waals surface area contributed by atoms with Crippen molar-refractivity contribution in [3.05, 3.63) is 65.2 Å². The van der Waals surface area contributed by atoms with Crippen LogP contribution in [0.1, 0.15) is 36.3 Å². The highest BCUT2D eigenvalue weighted by molar-refractivity contribution is 5.82. The van der Waals surface area contributed by atoms with Crippen LogP contribution in [-0.2, 0) is 16.1 Å². The number of rotatable bonds is 9. The molecule has 7 heteroatoms. The van der Waals surface area contributed by atoms with E-state index < -0.39 is 17.6 Å². The van der Waals surface area contributed by atoms with E-state index in [-0.39, 0.29) is 29.7 Å². The predicted molar refractivity (Wildman–Crippen MR) is 97.9 cm³/mol. The summed E-state index contributed by atoms with van der Waals surface area (Å²) in [4.78, 5) is 22.7. The van der Waals surface area contributed by atoms with Gasteiger partial charge in [0.25, 0.3) is 0 Å². The van der Waals surface area contributed by atoms with Crippen LogP contribution in [0, 0.1) is 17.6 Å². The quantitative estimate of drug-likeness (QED) is 0.642. The van der Waals surface area contributed by atoms with Crippen LogP contribution in [0.3, 0.4) is 0 Å². The number of amides is 1. The number of benzene rings is 2. The Labute approximate surface area is 161 Å². The molecule has 1 fully saturated rings. The van der Waals surface area contributed by atoms with Gasteiger partial charge in [0, 0.05) is 18.9 Å². The first-order valence-corrected chi connectivity index (χ1v) is 9.10. The Balaban J connectivity index is 1.44. The topological polar surface area (TPSA) is 75.6 Å². The van der Waals surface area contributed by atoms with E-state index in [0.717, 1.165) is 23.8 Å². The van der Waals surface area contributed by atoms with Crippen molar-refractivity contribution in [3.8, 4) is 5.75 Å². The maximum absolute atomic E-state index is 13.8. The summed E-state index contributed by atoms with van der Waals surface area (Å²) < 4.78 is 32.5. The maximum Gasteiger partial charge on any atom is 0.303 e. The second-order valence-corrected chi connectivity index (χ2v) is 6.82. The SMILES string of the molecule is O=C(O)CCCOc1ccc(CNC(=O)C2CC2c2cc(F)ccc2F)cc1. The Morgan fingerprint density at radius 2 is 1.89 bits per heavy atom. The predicted octanol–water partition coefficient (Wildman–Crippen LogP) is 3.63. The number of ether oxygens (including phenoxy) is 1. The molecular formula is C21H21F2NO4.